The predicted molar refractivity (Wildman–Crippen MR) is 64.0 cm³/mol. The van der Waals surface area contributed by atoms with E-state index in [0.29, 0.717) is 6.54 Å². The monoisotopic (exact) mass is 201 g/mol. The number of aryl methyl sites for hydroxylation is 1. The fourth-order valence-corrected chi connectivity index (χ4v) is 1.59. The van der Waals surface area contributed by atoms with Crippen molar-refractivity contribution in [1.82, 2.24) is 4.98 Å². The SMILES string of the molecule is Cc1cc2ccccc2nc1NCCN. The number of aromatic nitrogens is 1. The van der Waals surface area contributed by atoms with Crippen LogP contribution in [0, 0.1) is 6.92 Å². The van der Waals surface area contributed by atoms with E-state index in [1.54, 1.807) is 0 Å². The molecule has 0 amide bonds. The highest BCUT2D eigenvalue weighted by atomic mass is 15.0. The third-order valence-corrected chi connectivity index (χ3v) is 2.35. The van der Waals surface area contributed by atoms with Gasteiger partial charge in [0, 0.05) is 18.5 Å². The highest BCUT2D eigenvalue weighted by molar-refractivity contribution is 5.81. The number of fused-ring (bicyclic) bond motifs is 1. The summed E-state index contributed by atoms with van der Waals surface area (Å²) in [6.45, 7) is 3.43. The minimum atomic E-state index is 0.619. The third-order valence-electron chi connectivity index (χ3n) is 2.35. The molecule has 0 bridgehead atoms. The first kappa shape index (κ1) is 9.93. The number of nitrogens with zero attached hydrogens (tertiary/aromatic N) is 1. The standard InChI is InChI=1S/C12H15N3/c1-9-8-10-4-2-3-5-11(10)15-12(9)14-7-6-13/h2-5,8H,6-7,13H2,1H3,(H,14,15). The smallest absolute Gasteiger partial charge is 0.129 e. The van der Waals surface area contributed by atoms with Crippen molar-refractivity contribution in [2.75, 3.05) is 18.4 Å². The fraction of sp³-hybridized carbons (Fsp3) is 0.250. The lowest BCUT2D eigenvalue weighted by molar-refractivity contribution is 1.01. The van der Waals surface area contributed by atoms with Crippen molar-refractivity contribution in [1.29, 1.82) is 0 Å². The largest absolute Gasteiger partial charge is 0.369 e. The Morgan fingerprint density at radius 1 is 1.33 bits per heavy atom. The summed E-state index contributed by atoms with van der Waals surface area (Å²) in [5.74, 6) is 0.930. The summed E-state index contributed by atoms with van der Waals surface area (Å²) in [5, 5.41) is 4.39. The van der Waals surface area contributed by atoms with Gasteiger partial charge in [0.2, 0.25) is 0 Å². The Balaban J connectivity index is 2.43. The molecule has 0 aliphatic carbocycles. The molecule has 3 nitrogen and oxygen atoms in total. The third kappa shape index (κ3) is 2.07. The van der Waals surface area contributed by atoms with Gasteiger partial charge in [-0.1, -0.05) is 18.2 Å². The molecule has 0 unspecified atom stereocenters. The second kappa shape index (κ2) is 4.28. The lowest BCUT2D eigenvalue weighted by atomic mass is 10.1. The minimum absolute atomic E-state index is 0.619. The molecular weight excluding hydrogens is 186 g/mol. The molecule has 2 rings (SSSR count). The van der Waals surface area contributed by atoms with Crippen molar-refractivity contribution in [3.63, 3.8) is 0 Å². The number of rotatable bonds is 3. The Morgan fingerprint density at radius 2 is 2.13 bits per heavy atom. The molecule has 2 aromatic rings. The summed E-state index contributed by atoms with van der Waals surface area (Å²) in [5.41, 5.74) is 7.62. The van der Waals surface area contributed by atoms with E-state index >= 15 is 0 Å². The molecule has 0 saturated heterocycles. The van der Waals surface area contributed by atoms with Gasteiger partial charge < -0.3 is 11.1 Å². The summed E-state index contributed by atoms with van der Waals surface area (Å²) < 4.78 is 0. The predicted octanol–water partition coefficient (Wildman–Crippen LogP) is 1.91. The maximum atomic E-state index is 5.45. The first-order chi connectivity index (χ1) is 7.31. The second-order valence-electron chi connectivity index (χ2n) is 3.56. The molecule has 0 fully saturated rings. The summed E-state index contributed by atoms with van der Waals surface area (Å²) in [6, 6.07) is 10.2. The minimum Gasteiger partial charge on any atom is -0.369 e. The van der Waals surface area contributed by atoms with E-state index in [0.717, 1.165) is 23.4 Å². The Morgan fingerprint density at radius 3 is 2.93 bits per heavy atom. The van der Waals surface area contributed by atoms with Crippen molar-refractivity contribution >= 4 is 16.7 Å². The molecule has 0 atom stereocenters. The molecule has 1 aromatic carbocycles. The molecule has 1 heterocycles. The zero-order valence-corrected chi connectivity index (χ0v) is 8.83. The van der Waals surface area contributed by atoms with Crippen molar-refractivity contribution in [3.8, 4) is 0 Å². The van der Waals surface area contributed by atoms with Crippen LogP contribution in [0.3, 0.4) is 0 Å². The van der Waals surface area contributed by atoms with E-state index in [1.165, 1.54) is 5.39 Å². The van der Waals surface area contributed by atoms with Gasteiger partial charge in [-0.2, -0.15) is 0 Å². The number of pyridine rings is 1. The molecule has 0 saturated carbocycles. The van der Waals surface area contributed by atoms with Gasteiger partial charge in [0.25, 0.3) is 0 Å². The van der Waals surface area contributed by atoms with Crippen LogP contribution in [0.25, 0.3) is 10.9 Å². The van der Waals surface area contributed by atoms with Crippen LogP contribution in [0.5, 0.6) is 0 Å². The van der Waals surface area contributed by atoms with Gasteiger partial charge in [0.1, 0.15) is 5.82 Å². The molecule has 1 aromatic heterocycles. The van der Waals surface area contributed by atoms with E-state index in [9.17, 15) is 0 Å². The van der Waals surface area contributed by atoms with Crippen LogP contribution in [0.15, 0.2) is 30.3 Å². The normalized spacial score (nSPS) is 10.5. The number of nitrogens with two attached hydrogens (primary N) is 1. The zero-order chi connectivity index (χ0) is 10.7. The van der Waals surface area contributed by atoms with Gasteiger partial charge in [-0.05, 0) is 24.6 Å². The van der Waals surface area contributed by atoms with Gasteiger partial charge in [-0.15, -0.1) is 0 Å². The Kier molecular flexibility index (Phi) is 2.83. The van der Waals surface area contributed by atoms with Crippen molar-refractivity contribution in [2.24, 2.45) is 5.73 Å². The first-order valence-electron chi connectivity index (χ1n) is 5.11. The second-order valence-corrected chi connectivity index (χ2v) is 3.56. The van der Waals surface area contributed by atoms with Gasteiger partial charge in [-0.3, -0.25) is 0 Å². The maximum Gasteiger partial charge on any atom is 0.129 e. The Hall–Kier alpha value is -1.61. The van der Waals surface area contributed by atoms with E-state index in [4.69, 9.17) is 5.73 Å². The number of nitrogens with one attached hydrogen (secondary N) is 1. The molecule has 0 spiro atoms. The zero-order valence-electron chi connectivity index (χ0n) is 8.83. The highest BCUT2D eigenvalue weighted by Gasteiger charge is 2.01. The summed E-state index contributed by atoms with van der Waals surface area (Å²) in [7, 11) is 0. The average molecular weight is 201 g/mol. The molecule has 0 radical (unpaired) electrons. The van der Waals surface area contributed by atoms with Gasteiger partial charge in [-0.25, -0.2) is 4.98 Å². The van der Waals surface area contributed by atoms with Crippen LogP contribution in [0.4, 0.5) is 5.82 Å². The molecule has 3 heteroatoms. The molecule has 0 aliphatic rings. The molecule has 0 aliphatic heterocycles. The topological polar surface area (TPSA) is 50.9 Å². The number of anilines is 1. The van der Waals surface area contributed by atoms with Gasteiger partial charge >= 0.3 is 0 Å². The quantitative estimate of drug-likeness (QED) is 0.797. The fourth-order valence-electron chi connectivity index (χ4n) is 1.59. The van der Waals surface area contributed by atoms with Crippen molar-refractivity contribution in [3.05, 3.63) is 35.9 Å². The summed E-state index contributed by atoms with van der Waals surface area (Å²) in [6.07, 6.45) is 0. The number of hydrogen-bond acceptors (Lipinski definition) is 3. The average Bonchev–Trinajstić information content (AvgIpc) is 2.26. The lowest BCUT2D eigenvalue weighted by Gasteiger charge is -2.08. The van der Waals surface area contributed by atoms with Crippen LogP contribution >= 0.6 is 0 Å². The van der Waals surface area contributed by atoms with E-state index in [1.807, 2.05) is 18.2 Å². The van der Waals surface area contributed by atoms with Crippen LogP contribution in [-0.4, -0.2) is 18.1 Å². The molecule has 78 valence electrons. The van der Waals surface area contributed by atoms with Crippen LogP contribution in [-0.2, 0) is 0 Å². The summed E-state index contributed by atoms with van der Waals surface area (Å²) in [4.78, 5) is 4.55. The highest BCUT2D eigenvalue weighted by Crippen LogP contribution is 2.18. The molecular formula is C12H15N3. The van der Waals surface area contributed by atoms with Crippen molar-refractivity contribution < 1.29 is 0 Å². The Labute approximate surface area is 89.3 Å². The van der Waals surface area contributed by atoms with E-state index < -0.39 is 0 Å². The van der Waals surface area contributed by atoms with Crippen LogP contribution < -0.4 is 11.1 Å². The van der Waals surface area contributed by atoms with Gasteiger partial charge in [0.05, 0.1) is 5.52 Å². The summed E-state index contributed by atoms with van der Waals surface area (Å²) >= 11 is 0. The Bertz CT molecular complexity index is 465. The number of hydrogen-bond donors (Lipinski definition) is 2. The van der Waals surface area contributed by atoms with Crippen molar-refractivity contribution in [2.45, 2.75) is 6.92 Å². The molecule has 3 N–H and O–H groups in total. The lowest BCUT2D eigenvalue weighted by Crippen LogP contribution is -2.14. The van der Waals surface area contributed by atoms with Gasteiger partial charge in [0.15, 0.2) is 0 Å². The number of para-hydroxylation sites is 1. The van der Waals surface area contributed by atoms with E-state index in [-0.39, 0.29) is 0 Å². The molecule has 15 heavy (non-hydrogen) atoms. The van der Waals surface area contributed by atoms with Crippen LogP contribution in [0.2, 0.25) is 0 Å². The maximum absolute atomic E-state index is 5.45. The first-order valence-corrected chi connectivity index (χ1v) is 5.11. The number of benzene rings is 1. The van der Waals surface area contributed by atoms with E-state index in [2.05, 4.69) is 29.4 Å². The van der Waals surface area contributed by atoms with Crippen LogP contribution in [0.1, 0.15) is 5.56 Å².